The molecule has 27 heavy (non-hydrogen) atoms. The lowest BCUT2D eigenvalue weighted by Gasteiger charge is -2.12. The standard InChI is InChI=1S/C19H22N4O3S/c1-4-23-17(14-7-9-15(25-3)10-8-14)21-22-19(23)27-13(2)18(24)20-12-16-6-5-11-26-16/h5-11,13H,4,12H2,1-3H3,(H,20,24)/t13-/m0/s1. The number of nitrogens with zero attached hydrogens (tertiary/aromatic N) is 3. The summed E-state index contributed by atoms with van der Waals surface area (Å²) in [6, 6.07) is 11.3. The summed E-state index contributed by atoms with van der Waals surface area (Å²) in [7, 11) is 1.64. The van der Waals surface area contributed by atoms with E-state index < -0.39 is 0 Å². The number of nitrogens with one attached hydrogen (secondary N) is 1. The Balaban J connectivity index is 1.69. The minimum absolute atomic E-state index is 0.0759. The number of methoxy groups -OCH3 is 1. The molecule has 2 aromatic heterocycles. The van der Waals surface area contributed by atoms with Crippen LogP contribution in [-0.2, 0) is 17.9 Å². The molecule has 1 amide bonds. The summed E-state index contributed by atoms with van der Waals surface area (Å²) < 4.78 is 12.4. The third kappa shape index (κ3) is 4.51. The Morgan fingerprint density at radius 1 is 1.30 bits per heavy atom. The molecule has 1 atom stereocenters. The Morgan fingerprint density at radius 3 is 2.70 bits per heavy atom. The van der Waals surface area contributed by atoms with Crippen LogP contribution in [0.15, 0.2) is 52.2 Å². The zero-order valence-corrected chi connectivity index (χ0v) is 16.3. The number of benzene rings is 1. The van der Waals surface area contributed by atoms with Crippen molar-refractivity contribution in [3.05, 3.63) is 48.4 Å². The molecule has 7 nitrogen and oxygen atoms in total. The fraction of sp³-hybridized carbons (Fsp3) is 0.316. The SMILES string of the molecule is CCn1c(S[C@@H](C)C(=O)NCc2ccco2)nnc1-c1ccc(OC)cc1. The van der Waals surface area contributed by atoms with Gasteiger partial charge in [-0.15, -0.1) is 10.2 Å². The Morgan fingerprint density at radius 2 is 2.07 bits per heavy atom. The lowest BCUT2D eigenvalue weighted by Crippen LogP contribution is -2.30. The summed E-state index contributed by atoms with van der Waals surface area (Å²) >= 11 is 1.39. The third-order valence-electron chi connectivity index (χ3n) is 4.05. The highest BCUT2D eigenvalue weighted by molar-refractivity contribution is 8.00. The second-order valence-electron chi connectivity index (χ2n) is 5.84. The Kier molecular flexibility index (Phi) is 6.18. The molecule has 0 saturated carbocycles. The molecule has 0 radical (unpaired) electrons. The first-order valence-corrected chi connectivity index (χ1v) is 9.54. The maximum atomic E-state index is 12.3. The lowest BCUT2D eigenvalue weighted by molar-refractivity contribution is -0.120. The molecule has 0 bridgehead atoms. The van der Waals surface area contributed by atoms with E-state index in [0.717, 1.165) is 22.9 Å². The van der Waals surface area contributed by atoms with Gasteiger partial charge in [0.2, 0.25) is 5.91 Å². The van der Waals surface area contributed by atoms with Gasteiger partial charge in [-0.2, -0.15) is 0 Å². The van der Waals surface area contributed by atoms with E-state index in [1.54, 1.807) is 19.4 Å². The second-order valence-corrected chi connectivity index (χ2v) is 7.14. The first-order valence-electron chi connectivity index (χ1n) is 8.66. The van der Waals surface area contributed by atoms with E-state index in [4.69, 9.17) is 9.15 Å². The van der Waals surface area contributed by atoms with Gasteiger partial charge >= 0.3 is 0 Å². The lowest BCUT2D eigenvalue weighted by atomic mass is 10.2. The van der Waals surface area contributed by atoms with Crippen molar-refractivity contribution in [2.75, 3.05) is 7.11 Å². The summed E-state index contributed by atoms with van der Waals surface area (Å²) in [4.78, 5) is 12.3. The van der Waals surface area contributed by atoms with Crippen LogP contribution in [-0.4, -0.2) is 33.0 Å². The molecule has 0 spiro atoms. The molecule has 3 rings (SSSR count). The van der Waals surface area contributed by atoms with Crippen molar-refractivity contribution in [3.63, 3.8) is 0 Å². The Labute approximate surface area is 162 Å². The molecule has 1 N–H and O–H groups in total. The Bertz CT molecular complexity index is 875. The number of carbonyl (C=O) groups excluding carboxylic acids is 1. The van der Waals surface area contributed by atoms with E-state index in [0.29, 0.717) is 18.2 Å². The molecule has 2 heterocycles. The zero-order valence-electron chi connectivity index (χ0n) is 15.5. The number of thioether (sulfide) groups is 1. The van der Waals surface area contributed by atoms with Gasteiger partial charge in [0, 0.05) is 12.1 Å². The molecule has 142 valence electrons. The maximum absolute atomic E-state index is 12.3. The molecule has 0 unspecified atom stereocenters. The number of hydrogen-bond acceptors (Lipinski definition) is 6. The topological polar surface area (TPSA) is 82.2 Å². The number of ether oxygens (including phenoxy) is 1. The van der Waals surface area contributed by atoms with E-state index in [1.165, 1.54) is 11.8 Å². The summed E-state index contributed by atoms with van der Waals surface area (Å²) in [6.45, 7) is 4.96. The minimum atomic E-state index is -0.307. The first kappa shape index (κ1) is 19.0. The van der Waals surface area contributed by atoms with E-state index in [9.17, 15) is 4.79 Å². The summed E-state index contributed by atoms with van der Waals surface area (Å²) in [5.74, 6) is 2.20. The number of furan rings is 1. The molecule has 1 aromatic carbocycles. The van der Waals surface area contributed by atoms with Crippen molar-refractivity contribution in [2.24, 2.45) is 0 Å². The van der Waals surface area contributed by atoms with Crippen LogP contribution in [0.3, 0.4) is 0 Å². The molecule has 0 aliphatic carbocycles. The fourth-order valence-electron chi connectivity index (χ4n) is 2.56. The molecule has 0 aliphatic rings. The van der Waals surface area contributed by atoms with Crippen LogP contribution in [0.2, 0.25) is 0 Å². The maximum Gasteiger partial charge on any atom is 0.233 e. The van der Waals surface area contributed by atoms with Crippen LogP contribution in [0.25, 0.3) is 11.4 Å². The van der Waals surface area contributed by atoms with Gasteiger partial charge in [-0.25, -0.2) is 0 Å². The molecular formula is C19H22N4O3S. The van der Waals surface area contributed by atoms with Gasteiger partial charge < -0.3 is 19.0 Å². The van der Waals surface area contributed by atoms with Gasteiger partial charge in [-0.3, -0.25) is 4.79 Å². The van der Waals surface area contributed by atoms with Crippen LogP contribution in [0.1, 0.15) is 19.6 Å². The van der Waals surface area contributed by atoms with E-state index in [-0.39, 0.29) is 11.2 Å². The van der Waals surface area contributed by atoms with Crippen LogP contribution in [0.4, 0.5) is 0 Å². The smallest absolute Gasteiger partial charge is 0.233 e. The summed E-state index contributed by atoms with van der Waals surface area (Å²) in [5.41, 5.74) is 0.951. The Hall–Kier alpha value is -2.74. The number of amides is 1. The molecule has 0 saturated heterocycles. The van der Waals surface area contributed by atoms with Crippen molar-refractivity contribution >= 4 is 17.7 Å². The number of aromatic nitrogens is 3. The zero-order chi connectivity index (χ0) is 19.2. The van der Waals surface area contributed by atoms with Crippen molar-refractivity contribution in [1.82, 2.24) is 20.1 Å². The highest BCUT2D eigenvalue weighted by Crippen LogP contribution is 2.27. The van der Waals surface area contributed by atoms with Crippen molar-refractivity contribution in [3.8, 4) is 17.1 Å². The van der Waals surface area contributed by atoms with Gasteiger partial charge in [0.05, 0.1) is 25.2 Å². The molecule has 8 heteroatoms. The fourth-order valence-corrected chi connectivity index (χ4v) is 3.49. The van der Waals surface area contributed by atoms with Gasteiger partial charge in [-0.1, -0.05) is 11.8 Å². The second kappa shape index (κ2) is 8.77. The molecular weight excluding hydrogens is 364 g/mol. The average molecular weight is 386 g/mol. The van der Waals surface area contributed by atoms with Crippen LogP contribution in [0, 0.1) is 0 Å². The minimum Gasteiger partial charge on any atom is -0.497 e. The van der Waals surface area contributed by atoms with Gasteiger partial charge in [0.15, 0.2) is 11.0 Å². The predicted molar refractivity (Wildman–Crippen MR) is 104 cm³/mol. The number of rotatable bonds is 8. The van der Waals surface area contributed by atoms with Crippen LogP contribution >= 0.6 is 11.8 Å². The number of carbonyl (C=O) groups is 1. The van der Waals surface area contributed by atoms with E-state index in [1.807, 2.05) is 48.7 Å². The highest BCUT2D eigenvalue weighted by atomic mass is 32.2. The quantitative estimate of drug-likeness (QED) is 0.598. The van der Waals surface area contributed by atoms with Crippen molar-refractivity contribution in [1.29, 1.82) is 0 Å². The highest BCUT2D eigenvalue weighted by Gasteiger charge is 2.20. The number of hydrogen-bond donors (Lipinski definition) is 1. The monoisotopic (exact) mass is 386 g/mol. The van der Waals surface area contributed by atoms with Gasteiger partial charge in [0.1, 0.15) is 11.5 Å². The van der Waals surface area contributed by atoms with Crippen molar-refractivity contribution < 1.29 is 13.9 Å². The molecule has 0 aliphatic heterocycles. The van der Waals surface area contributed by atoms with Crippen LogP contribution in [0.5, 0.6) is 5.75 Å². The third-order valence-corrected chi connectivity index (χ3v) is 5.13. The normalized spacial score (nSPS) is 12.0. The van der Waals surface area contributed by atoms with Gasteiger partial charge in [0.25, 0.3) is 0 Å². The van der Waals surface area contributed by atoms with Crippen LogP contribution < -0.4 is 10.1 Å². The van der Waals surface area contributed by atoms with Gasteiger partial charge in [-0.05, 0) is 50.2 Å². The summed E-state index contributed by atoms with van der Waals surface area (Å²) in [5, 5.41) is 11.9. The largest absolute Gasteiger partial charge is 0.497 e. The summed E-state index contributed by atoms with van der Waals surface area (Å²) in [6.07, 6.45) is 1.59. The molecule has 0 fully saturated rings. The predicted octanol–water partition coefficient (Wildman–Crippen LogP) is 3.36. The van der Waals surface area contributed by atoms with Crippen molar-refractivity contribution in [2.45, 2.75) is 37.3 Å². The van der Waals surface area contributed by atoms with E-state index >= 15 is 0 Å². The average Bonchev–Trinajstić information content (AvgIpc) is 3.35. The molecule has 3 aromatic rings. The van der Waals surface area contributed by atoms with E-state index in [2.05, 4.69) is 15.5 Å². The first-order chi connectivity index (χ1) is 13.1.